The number of aliphatic carboxylic acids is 1. The van der Waals surface area contributed by atoms with Gasteiger partial charge in [-0.05, 0) is 31.0 Å². The average molecular weight is 305 g/mol. The summed E-state index contributed by atoms with van der Waals surface area (Å²) in [5.74, 6) is -3.52. The lowest BCUT2D eigenvalue weighted by Gasteiger charge is -2.24. The minimum atomic E-state index is -1.15. The SMILES string of the molecule is CCCN1C(=O)C(C(=O)O)c2cc(C3(C)OCCO3)ccc21. The Morgan fingerprint density at radius 1 is 1.41 bits per heavy atom. The van der Waals surface area contributed by atoms with E-state index in [-0.39, 0.29) is 5.91 Å². The molecule has 0 bridgehead atoms. The monoisotopic (exact) mass is 305 g/mol. The Morgan fingerprint density at radius 3 is 2.68 bits per heavy atom. The van der Waals surface area contributed by atoms with E-state index in [0.717, 1.165) is 12.0 Å². The van der Waals surface area contributed by atoms with Gasteiger partial charge in [0.2, 0.25) is 5.91 Å². The topological polar surface area (TPSA) is 76.1 Å². The van der Waals surface area contributed by atoms with E-state index in [1.165, 1.54) is 0 Å². The summed E-state index contributed by atoms with van der Waals surface area (Å²) in [7, 11) is 0. The summed E-state index contributed by atoms with van der Waals surface area (Å²) in [4.78, 5) is 25.5. The highest BCUT2D eigenvalue weighted by Gasteiger charge is 2.43. The predicted molar refractivity (Wildman–Crippen MR) is 78.7 cm³/mol. The summed E-state index contributed by atoms with van der Waals surface area (Å²) in [5, 5.41) is 9.43. The molecule has 2 aliphatic heterocycles. The number of fused-ring (bicyclic) bond motifs is 1. The van der Waals surface area contributed by atoms with Crippen LogP contribution in [0.4, 0.5) is 5.69 Å². The molecule has 0 aromatic heterocycles. The van der Waals surface area contributed by atoms with Crippen molar-refractivity contribution in [2.75, 3.05) is 24.7 Å². The van der Waals surface area contributed by atoms with E-state index < -0.39 is 17.7 Å². The number of benzene rings is 1. The van der Waals surface area contributed by atoms with Crippen LogP contribution in [-0.2, 0) is 24.8 Å². The summed E-state index contributed by atoms with van der Waals surface area (Å²) in [6, 6.07) is 5.36. The quantitative estimate of drug-likeness (QED) is 0.859. The highest BCUT2D eigenvalue weighted by molar-refractivity contribution is 6.15. The van der Waals surface area contributed by atoms with Crippen LogP contribution in [0.25, 0.3) is 0 Å². The third-order valence-corrected chi connectivity index (χ3v) is 4.20. The fraction of sp³-hybridized carbons (Fsp3) is 0.500. The maximum absolute atomic E-state index is 12.4. The molecule has 1 aromatic rings. The van der Waals surface area contributed by atoms with Crippen molar-refractivity contribution in [3.63, 3.8) is 0 Å². The Balaban J connectivity index is 2.06. The molecule has 1 saturated heterocycles. The van der Waals surface area contributed by atoms with E-state index in [9.17, 15) is 14.7 Å². The van der Waals surface area contributed by atoms with Crippen LogP contribution in [0.5, 0.6) is 0 Å². The van der Waals surface area contributed by atoms with Crippen LogP contribution in [0.1, 0.15) is 37.3 Å². The summed E-state index contributed by atoms with van der Waals surface area (Å²) < 4.78 is 11.2. The summed E-state index contributed by atoms with van der Waals surface area (Å²) in [5.41, 5.74) is 1.93. The van der Waals surface area contributed by atoms with Crippen LogP contribution in [0.15, 0.2) is 18.2 Å². The summed E-state index contributed by atoms with van der Waals surface area (Å²) >= 11 is 0. The number of amides is 1. The third-order valence-electron chi connectivity index (χ3n) is 4.20. The number of hydrogen-bond donors (Lipinski definition) is 1. The first-order valence-corrected chi connectivity index (χ1v) is 7.44. The molecule has 6 heteroatoms. The average Bonchev–Trinajstić information content (AvgIpc) is 3.03. The van der Waals surface area contributed by atoms with Crippen molar-refractivity contribution in [3.05, 3.63) is 29.3 Å². The number of carboxylic acid groups (broad SMARTS) is 1. The van der Waals surface area contributed by atoms with E-state index in [1.54, 1.807) is 24.0 Å². The molecular formula is C16H19NO5. The fourth-order valence-electron chi connectivity index (χ4n) is 3.10. The number of rotatable bonds is 4. The lowest BCUT2D eigenvalue weighted by molar-refractivity contribution is -0.150. The van der Waals surface area contributed by atoms with E-state index in [4.69, 9.17) is 9.47 Å². The Bertz CT molecular complexity index is 621. The molecule has 2 aliphatic rings. The molecule has 0 radical (unpaired) electrons. The van der Waals surface area contributed by atoms with Gasteiger partial charge in [-0.3, -0.25) is 9.59 Å². The van der Waals surface area contributed by atoms with Crippen molar-refractivity contribution in [1.82, 2.24) is 0 Å². The van der Waals surface area contributed by atoms with Crippen LogP contribution >= 0.6 is 0 Å². The van der Waals surface area contributed by atoms with Crippen LogP contribution < -0.4 is 4.90 Å². The number of nitrogens with zero attached hydrogens (tertiary/aromatic N) is 1. The maximum Gasteiger partial charge on any atom is 0.320 e. The van der Waals surface area contributed by atoms with Crippen molar-refractivity contribution >= 4 is 17.6 Å². The minimum absolute atomic E-state index is 0.375. The lowest BCUT2D eigenvalue weighted by atomic mass is 9.96. The van der Waals surface area contributed by atoms with Crippen LogP contribution in [-0.4, -0.2) is 36.7 Å². The zero-order valence-corrected chi connectivity index (χ0v) is 12.7. The molecule has 6 nitrogen and oxygen atoms in total. The van der Waals surface area contributed by atoms with Gasteiger partial charge in [0.15, 0.2) is 11.7 Å². The predicted octanol–water partition coefficient (Wildman–Crippen LogP) is 1.83. The zero-order valence-electron chi connectivity index (χ0n) is 12.7. The van der Waals surface area contributed by atoms with Crippen LogP contribution in [0.3, 0.4) is 0 Å². The Morgan fingerprint density at radius 2 is 2.09 bits per heavy atom. The molecule has 1 atom stereocenters. The van der Waals surface area contributed by atoms with E-state index >= 15 is 0 Å². The normalized spacial score (nSPS) is 22.9. The second-order valence-corrected chi connectivity index (χ2v) is 5.68. The van der Waals surface area contributed by atoms with Crippen molar-refractivity contribution in [2.45, 2.75) is 32.0 Å². The van der Waals surface area contributed by atoms with Gasteiger partial charge < -0.3 is 19.5 Å². The molecule has 0 spiro atoms. The van der Waals surface area contributed by atoms with Gasteiger partial charge in [-0.2, -0.15) is 0 Å². The third kappa shape index (κ3) is 2.19. The van der Waals surface area contributed by atoms with Gasteiger partial charge in [0.05, 0.1) is 13.2 Å². The molecule has 22 heavy (non-hydrogen) atoms. The molecule has 3 rings (SSSR count). The van der Waals surface area contributed by atoms with Crippen molar-refractivity contribution in [1.29, 1.82) is 0 Å². The Labute approximate surface area is 128 Å². The van der Waals surface area contributed by atoms with E-state index in [2.05, 4.69) is 0 Å². The molecule has 1 unspecified atom stereocenters. The van der Waals surface area contributed by atoms with Crippen LogP contribution in [0, 0.1) is 0 Å². The number of carbonyl (C=O) groups excluding carboxylic acids is 1. The summed E-state index contributed by atoms with van der Waals surface area (Å²) in [6.45, 7) is 5.27. The Hall–Kier alpha value is -1.92. The second-order valence-electron chi connectivity index (χ2n) is 5.68. The first-order valence-electron chi connectivity index (χ1n) is 7.44. The number of ether oxygens (including phenoxy) is 2. The standard InChI is InChI=1S/C16H19NO5/c1-3-6-17-12-5-4-10(16(2)21-7-8-22-16)9-11(12)13(14(17)18)15(19)20/h4-5,9,13H,3,6-8H2,1-2H3,(H,19,20). The highest BCUT2D eigenvalue weighted by Crippen LogP contribution is 2.41. The first-order chi connectivity index (χ1) is 10.5. The maximum atomic E-state index is 12.4. The van der Waals surface area contributed by atoms with Gasteiger partial charge >= 0.3 is 5.97 Å². The van der Waals surface area contributed by atoms with E-state index in [1.807, 2.05) is 13.0 Å². The fourth-order valence-corrected chi connectivity index (χ4v) is 3.10. The smallest absolute Gasteiger partial charge is 0.320 e. The molecule has 0 saturated carbocycles. The van der Waals surface area contributed by atoms with Gasteiger partial charge in [0.25, 0.3) is 0 Å². The molecule has 118 valence electrons. The highest BCUT2D eigenvalue weighted by atomic mass is 16.7. The molecule has 1 aromatic carbocycles. The number of hydrogen-bond acceptors (Lipinski definition) is 4. The van der Waals surface area contributed by atoms with E-state index in [0.29, 0.717) is 31.0 Å². The zero-order chi connectivity index (χ0) is 15.9. The van der Waals surface area contributed by atoms with Gasteiger partial charge in [-0.15, -0.1) is 0 Å². The molecule has 1 fully saturated rings. The second kappa shape index (κ2) is 5.37. The molecular weight excluding hydrogens is 286 g/mol. The molecule has 0 aliphatic carbocycles. The van der Waals surface area contributed by atoms with Gasteiger partial charge in [-0.25, -0.2) is 0 Å². The van der Waals surface area contributed by atoms with Gasteiger partial charge in [-0.1, -0.05) is 13.0 Å². The largest absolute Gasteiger partial charge is 0.480 e. The number of carbonyl (C=O) groups is 2. The molecule has 2 heterocycles. The van der Waals surface area contributed by atoms with Crippen molar-refractivity contribution < 1.29 is 24.2 Å². The van der Waals surface area contributed by atoms with Crippen LogP contribution in [0.2, 0.25) is 0 Å². The Kier molecular flexibility index (Phi) is 3.66. The minimum Gasteiger partial charge on any atom is -0.480 e. The molecule has 1 amide bonds. The number of carboxylic acids is 1. The summed E-state index contributed by atoms with van der Waals surface area (Å²) in [6.07, 6.45) is 0.767. The van der Waals surface area contributed by atoms with Crippen molar-refractivity contribution in [2.24, 2.45) is 0 Å². The molecule has 1 N–H and O–H groups in total. The van der Waals surface area contributed by atoms with Crippen molar-refractivity contribution in [3.8, 4) is 0 Å². The first kappa shape index (κ1) is 15.0. The van der Waals surface area contributed by atoms with Gasteiger partial charge in [0.1, 0.15) is 0 Å². The van der Waals surface area contributed by atoms with Gasteiger partial charge in [0, 0.05) is 17.8 Å². The number of anilines is 1. The lowest BCUT2D eigenvalue weighted by Crippen LogP contribution is -2.32.